The van der Waals surface area contributed by atoms with Crippen LogP contribution in [0.3, 0.4) is 0 Å². The molecule has 0 aliphatic carbocycles. The number of nitrogens with zero attached hydrogens (tertiary/aromatic N) is 4. The average molecular weight is 302 g/mol. The Morgan fingerprint density at radius 1 is 0.783 bits per heavy atom. The van der Waals surface area contributed by atoms with Crippen molar-refractivity contribution in [3.63, 3.8) is 0 Å². The van der Waals surface area contributed by atoms with Crippen LogP contribution in [0.15, 0.2) is 85.7 Å². The molecule has 0 saturated heterocycles. The summed E-state index contributed by atoms with van der Waals surface area (Å²) in [5.74, 6) is 1.54. The third-order valence-corrected chi connectivity index (χ3v) is 3.44. The fourth-order valence-corrected chi connectivity index (χ4v) is 2.37. The lowest BCUT2D eigenvalue weighted by Crippen LogP contribution is -1.95. The van der Waals surface area contributed by atoms with E-state index in [4.69, 9.17) is 4.74 Å². The smallest absolute Gasteiger partial charge is 0.129 e. The Bertz CT molecular complexity index is 823. The minimum atomic E-state index is 0.765. The number of aromatic nitrogens is 4. The molecule has 2 aromatic heterocycles. The fourth-order valence-electron chi connectivity index (χ4n) is 2.37. The van der Waals surface area contributed by atoms with Gasteiger partial charge >= 0.3 is 0 Å². The van der Waals surface area contributed by atoms with E-state index in [1.807, 2.05) is 71.6 Å². The van der Waals surface area contributed by atoms with Crippen LogP contribution in [0.2, 0.25) is 0 Å². The molecule has 0 amide bonds. The van der Waals surface area contributed by atoms with Crippen LogP contribution in [-0.2, 0) is 0 Å². The van der Waals surface area contributed by atoms with E-state index in [1.165, 1.54) is 0 Å². The van der Waals surface area contributed by atoms with Crippen molar-refractivity contribution >= 4 is 0 Å². The van der Waals surface area contributed by atoms with Crippen molar-refractivity contribution in [2.45, 2.75) is 0 Å². The fraction of sp³-hybridized carbons (Fsp3) is 0. The first-order chi connectivity index (χ1) is 11.4. The van der Waals surface area contributed by atoms with Gasteiger partial charge in [0.2, 0.25) is 0 Å². The summed E-state index contributed by atoms with van der Waals surface area (Å²) in [5, 5.41) is 4.23. The van der Waals surface area contributed by atoms with E-state index in [0.717, 1.165) is 22.9 Å². The van der Waals surface area contributed by atoms with Gasteiger partial charge in [0.25, 0.3) is 0 Å². The normalized spacial score (nSPS) is 10.6. The highest BCUT2D eigenvalue weighted by Gasteiger charge is 2.03. The van der Waals surface area contributed by atoms with Crippen LogP contribution in [0.1, 0.15) is 0 Å². The highest BCUT2D eigenvalue weighted by molar-refractivity contribution is 5.44. The number of hydrogen-bond donors (Lipinski definition) is 0. The van der Waals surface area contributed by atoms with E-state index in [0.29, 0.717) is 0 Å². The molecule has 0 aliphatic rings. The Kier molecular flexibility index (Phi) is 3.37. The molecule has 0 atom stereocenters. The molecule has 112 valence electrons. The Labute approximate surface area is 133 Å². The molecule has 0 N–H and O–H groups in total. The molecule has 0 aliphatic heterocycles. The SMILES string of the molecule is c1cc(Oc2cccc(-n3cccn3)c2)cc(-n2ccnc2)c1. The maximum Gasteiger partial charge on any atom is 0.129 e. The van der Waals surface area contributed by atoms with Crippen LogP contribution >= 0.6 is 0 Å². The van der Waals surface area contributed by atoms with E-state index >= 15 is 0 Å². The third-order valence-electron chi connectivity index (χ3n) is 3.44. The van der Waals surface area contributed by atoms with Gasteiger partial charge in [-0.15, -0.1) is 0 Å². The summed E-state index contributed by atoms with van der Waals surface area (Å²) in [4.78, 5) is 4.06. The maximum atomic E-state index is 5.98. The van der Waals surface area contributed by atoms with Crippen molar-refractivity contribution in [1.82, 2.24) is 19.3 Å². The average Bonchev–Trinajstić information content (AvgIpc) is 3.29. The predicted octanol–water partition coefficient (Wildman–Crippen LogP) is 3.85. The number of imidazole rings is 1. The first-order valence-corrected chi connectivity index (χ1v) is 7.25. The Morgan fingerprint density at radius 3 is 2.26 bits per heavy atom. The quantitative estimate of drug-likeness (QED) is 0.575. The van der Waals surface area contributed by atoms with Crippen molar-refractivity contribution in [2.75, 3.05) is 0 Å². The second-order valence-electron chi connectivity index (χ2n) is 5.02. The van der Waals surface area contributed by atoms with E-state index < -0.39 is 0 Å². The minimum absolute atomic E-state index is 0.765. The highest BCUT2D eigenvalue weighted by atomic mass is 16.5. The van der Waals surface area contributed by atoms with E-state index in [9.17, 15) is 0 Å². The number of ether oxygens (including phenoxy) is 1. The van der Waals surface area contributed by atoms with E-state index in [1.54, 1.807) is 23.4 Å². The lowest BCUT2D eigenvalue weighted by Gasteiger charge is -2.09. The van der Waals surface area contributed by atoms with Gasteiger partial charge in [-0.1, -0.05) is 12.1 Å². The van der Waals surface area contributed by atoms with Gasteiger partial charge < -0.3 is 9.30 Å². The molecule has 5 nitrogen and oxygen atoms in total. The zero-order valence-corrected chi connectivity index (χ0v) is 12.3. The topological polar surface area (TPSA) is 44.9 Å². The molecule has 4 aromatic rings. The molecular formula is C18H14N4O. The van der Waals surface area contributed by atoms with Crippen molar-refractivity contribution < 1.29 is 4.74 Å². The van der Waals surface area contributed by atoms with Gasteiger partial charge in [0.15, 0.2) is 0 Å². The summed E-state index contributed by atoms with van der Waals surface area (Å²) in [7, 11) is 0. The first-order valence-electron chi connectivity index (χ1n) is 7.25. The van der Waals surface area contributed by atoms with Crippen molar-refractivity contribution in [3.05, 3.63) is 85.7 Å². The maximum absolute atomic E-state index is 5.98. The van der Waals surface area contributed by atoms with Crippen LogP contribution in [-0.4, -0.2) is 19.3 Å². The van der Waals surface area contributed by atoms with Gasteiger partial charge in [-0.3, -0.25) is 0 Å². The lowest BCUT2D eigenvalue weighted by molar-refractivity contribution is 0.482. The van der Waals surface area contributed by atoms with Gasteiger partial charge in [-0.05, 0) is 30.3 Å². The summed E-state index contributed by atoms with van der Waals surface area (Å²) in [5.41, 5.74) is 1.96. The molecule has 2 aromatic carbocycles. The summed E-state index contributed by atoms with van der Waals surface area (Å²) in [6.07, 6.45) is 9.07. The van der Waals surface area contributed by atoms with Gasteiger partial charge in [0.05, 0.1) is 17.7 Å². The standard InChI is InChI=1S/C18H14N4O/c1-4-15(21-11-9-19-14-21)12-17(6-1)23-18-7-2-5-16(13-18)22-10-3-8-20-22/h1-14H. The number of hydrogen-bond acceptors (Lipinski definition) is 3. The highest BCUT2D eigenvalue weighted by Crippen LogP contribution is 2.25. The molecule has 23 heavy (non-hydrogen) atoms. The van der Waals surface area contributed by atoms with E-state index in [-0.39, 0.29) is 0 Å². The number of rotatable bonds is 4. The minimum Gasteiger partial charge on any atom is -0.457 e. The zero-order valence-electron chi connectivity index (χ0n) is 12.3. The monoisotopic (exact) mass is 302 g/mol. The van der Waals surface area contributed by atoms with Gasteiger partial charge in [-0.25, -0.2) is 9.67 Å². The largest absolute Gasteiger partial charge is 0.457 e. The molecule has 5 heteroatoms. The summed E-state index contributed by atoms with van der Waals surface area (Å²) < 4.78 is 9.72. The van der Waals surface area contributed by atoms with Crippen LogP contribution < -0.4 is 4.74 Å². The van der Waals surface area contributed by atoms with Crippen molar-refractivity contribution in [2.24, 2.45) is 0 Å². The second kappa shape index (κ2) is 5.81. The zero-order chi connectivity index (χ0) is 15.5. The summed E-state index contributed by atoms with van der Waals surface area (Å²) >= 11 is 0. The molecule has 0 radical (unpaired) electrons. The molecule has 0 bridgehead atoms. The van der Waals surface area contributed by atoms with Gasteiger partial charge in [0.1, 0.15) is 11.5 Å². The van der Waals surface area contributed by atoms with E-state index in [2.05, 4.69) is 10.1 Å². The molecule has 0 spiro atoms. The van der Waals surface area contributed by atoms with Gasteiger partial charge in [-0.2, -0.15) is 5.10 Å². The molecular weight excluding hydrogens is 288 g/mol. The Balaban J connectivity index is 1.61. The Hall–Kier alpha value is -3.34. The van der Waals surface area contributed by atoms with Crippen LogP contribution in [0, 0.1) is 0 Å². The van der Waals surface area contributed by atoms with Crippen LogP contribution in [0.4, 0.5) is 0 Å². The van der Waals surface area contributed by atoms with Crippen LogP contribution in [0.5, 0.6) is 11.5 Å². The molecule has 0 unspecified atom stereocenters. The predicted molar refractivity (Wildman–Crippen MR) is 87.2 cm³/mol. The number of benzene rings is 2. The summed E-state index contributed by atoms with van der Waals surface area (Å²) in [6, 6.07) is 17.6. The van der Waals surface area contributed by atoms with Crippen molar-refractivity contribution in [1.29, 1.82) is 0 Å². The second-order valence-corrected chi connectivity index (χ2v) is 5.02. The Morgan fingerprint density at radius 2 is 1.57 bits per heavy atom. The van der Waals surface area contributed by atoms with Crippen molar-refractivity contribution in [3.8, 4) is 22.9 Å². The molecule has 2 heterocycles. The first kappa shape index (κ1) is 13.3. The third kappa shape index (κ3) is 2.85. The van der Waals surface area contributed by atoms with Gasteiger partial charge in [0, 0.05) is 36.9 Å². The molecule has 0 saturated carbocycles. The lowest BCUT2D eigenvalue weighted by atomic mass is 10.3. The van der Waals surface area contributed by atoms with Crippen LogP contribution in [0.25, 0.3) is 11.4 Å². The summed E-state index contributed by atoms with van der Waals surface area (Å²) in [6.45, 7) is 0. The molecule has 4 rings (SSSR count). The molecule has 0 fully saturated rings.